The van der Waals surface area contributed by atoms with Crippen molar-refractivity contribution < 1.29 is 32.5 Å². The van der Waals surface area contributed by atoms with E-state index < -0.39 is 23.3 Å². The Hall–Kier alpha value is -3.07. The maximum atomic E-state index is 12.8. The van der Waals surface area contributed by atoms with Crippen molar-refractivity contribution in [3.05, 3.63) is 64.2 Å². The van der Waals surface area contributed by atoms with Gasteiger partial charge in [-0.15, -0.1) is 11.3 Å². The van der Waals surface area contributed by atoms with Crippen LogP contribution in [0.3, 0.4) is 0 Å². The highest BCUT2D eigenvalue weighted by Crippen LogP contribution is 2.34. The molecule has 32 heavy (non-hydrogen) atoms. The first-order valence-corrected chi connectivity index (χ1v) is 10.5. The third kappa shape index (κ3) is 5.40. The van der Waals surface area contributed by atoms with Crippen LogP contribution < -0.4 is 9.47 Å². The molecule has 3 rings (SSSR count). The Morgan fingerprint density at radius 1 is 1.09 bits per heavy atom. The molecule has 0 aliphatic carbocycles. The van der Waals surface area contributed by atoms with Gasteiger partial charge in [-0.25, -0.2) is 9.78 Å². The van der Waals surface area contributed by atoms with Crippen LogP contribution in [0.2, 0.25) is 0 Å². The van der Waals surface area contributed by atoms with Crippen molar-refractivity contribution in [2.75, 3.05) is 0 Å². The maximum absolute atomic E-state index is 12.8. The summed E-state index contributed by atoms with van der Waals surface area (Å²) in [6.45, 7) is 6.80. The normalized spacial score (nSPS) is 12.0. The zero-order valence-corrected chi connectivity index (χ0v) is 18.7. The molecule has 1 N–H and O–H groups in total. The monoisotopic (exact) mass is 465 g/mol. The number of aromatic nitrogens is 1. The number of alkyl halides is 3. The molecule has 0 atom stereocenters. The SMILES string of the molecule is Cc1cc(OCc2sc(-c3ccc(C(F)(F)F)cc3)nc2C)ccc1OC(C)(C)C(=O)O. The van der Waals surface area contributed by atoms with Crippen LogP contribution in [0, 0.1) is 13.8 Å². The predicted octanol–water partition coefficient (Wildman–Crippen LogP) is 6.27. The van der Waals surface area contributed by atoms with E-state index in [1.807, 2.05) is 6.92 Å². The van der Waals surface area contributed by atoms with Crippen molar-refractivity contribution in [2.45, 2.75) is 46.1 Å². The number of thiazole rings is 1. The Kier molecular flexibility index (Phi) is 6.50. The Bertz CT molecular complexity index is 1120. The second-order valence-corrected chi connectivity index (χ2v) is 8.82. The molecule has 1 heterocycles. The fourth-order valence-corrected chi connectivity index (χ4v) is 3.76. The number of hydrogen-bond donors (Lipinski definition) is 1. The number of carboxylic acid groups (broad SMARTS) is 1. The van der Waals surface area contributed by atoms with Crippen molar-refractivity contribution in [3.8, 4) is 22.1 Å². The van der Waals surface area contributed by atoms with Gasteiger partial charge in [0.2, 0.25) is 0 Å². The predicted molar refractivity (Wildman–Crippen MR) is 115 cm³/mol. The molecule has 0 saturated carbocycles. The van der Waals surface area contributed by atoms with E-state index in [0.29, 0.717) is 22.1 Å². The number of nitrogens with zero attached hydrogens (tertiary/aromatic N) is 1. The molecule has 3 aromatic rings. The topological polar surface area (TPSA) is 68.7 Å². The summed E-state index contributed by atoms with van der Waals surface area (Å²) in [6.07, 6.45) is -4.38. The summed E-state index contributed by atoms with van der Waals surface area (Å²) in [5.41, 5.74) is 0.0122. The number of rotatable bonds is 7. The first kappa shape index (κ1) is 23.6. The van der Waals surface area contributed by atoms with Crippen molar-refractivity contribution in [1.29, 1.82) is 0 Å². The average Bonchev–Trinajstić information content (AvgIpc) is 3.08. The number of carboxylic acids is 1. The van der Waals surface area contributed by atoms with E-state index in [4.69, 9.17) is 9.47 Å². The second-order valence-electron chi connectivity index (χ2n) is 7.74. The van der Waals surface area contributed by atoms with Crippen molar-refractivity contribution in [1.82, 2.24) is 4.98 Å². The summed E-state index contributed by atoms with van der Waals surface area (Å²) >= 11 is 1.36. The van der Waals surface area contributed by atoms with E-state index in [-0.39, 0.29) is 6.61 Å². The van der Waals surface area contributed by atoms with Crippen LogP contribution in [0.25, 0.3) is 10.6 Å². The lowest BCUT2D eigenvalue weighted by atomic mass is 10.1. The van der Waals surface area contributed by atoms with Crippen LogP contribution in [0.1, 0.15) is 35.5 Å². The lowest BCUT2D eigenvalue weighted by Crippen LogP contribution is -2.38. The van der Waals surface area contributed by atoms with Gasteiger partial charge in [0.05, 0.1) is 16.1 Å². The fourth-order valence-electron chi connectivity index (χ4n) is 2.78. The third-order valence-electron chi connectivity index (χ3n) is 4.75. The van der Waals surface area contributed by atoms with Crippen molar-refractivity contribution in [2.24, 2.45) is 0 Å². The minimum atomic E-state index is -4.38. The van der Waals surface area contributed by atoms with E-state index >= 15 is 0 Å². The molecule has 9 heteroatoms. The molecule has 0 bridgehead atoms. The van der Waals surface area contributed by atoms with Gasteiger partial charge in [-0.1, -0.05) is 12.1 Å². The van der Waals surface area contributed by atoms with Gasteiger partial charge in [-0.2, -0.15) is 13.2 Å². The number of carbonyl (C=O) groups is 1. The lowest BCUT2D eigenvalue weighted by molar-refractivity contribution is -0.152. The summed E-state index contributed by atoms with van der Waals surface area (Å²) in [6, 6.07) is 10.00. The van der Waals surface area contributed by atoms with Gasteiger partial charge >= 0.3 is 12.1 Å². The van der Waals surface area contributed by atoms with Crippen LogP contribution in [0.4, 0.5) is 13.2 Å². The first-order chi connectivity index (χ1) is 14.9. The Morgan fingerprint density at radius 2 is 1.75 bits per heavy atom. The minimum absolute atomic E-state index is 0.240. The van der Waals surface area contributed by atoms with Gasteiger partial charge in [-0.3, -0.25) is 0 Å². The van der Waals surface area contributed by atoms with Crippen LogP contribution in [0.5, 0.6) is 11.5 Å². The van der Waals surface area contributed by atoms with E-state index in [1.54, 1.807) is 25.1 Å². The van der Waals surface area contributed by atoms with Gasteiger partial charge in [0.25, 0.3) is 0 Å². The zero-order valence-electron chi connectivity index (χ0n) is 17.9. The molecular weight excluding hydrogens is 443 g/mol. The van der Waals surface area contributed by atoms with Crippen LogP contribution in [0.15, 0.2) is 42.5 Å². The number of hydrogen-bond acceptors (Lipinski definition) is 5. The van der Waals surface area contributed by atoms with E-state index in [1.165, 1.54) is 37.3 Å². The summed E-state index contributed by atoms with van der Waals surface area (Å²) in [4.78, 5) is 16.6. The Labute approximate surface area is 187 Å². The summed E-state index contributed by atoms with van der Waals surface area (Å²) in [5.74, 6) is -0.0445. The van der Waals surface area contributed by atoms with E-state index in [0.717, 1.165) is 28.3 Å². The Balaban J connectivity index is 1.70. The molecule has 0 saturated heterocycles. The van der Waals surface area contributed by atoms with Gasteiger partial charge in [0.1, 0.15) is 23.1 Å². The number of aliphatic carboxylic acids is 1. The van der Waals surface area contributed by atoms with E-state index in [2.05, 4.69) is 4.98 Å². The van der Waals surface area contributed by atoms with Crippen LogP contribution in [-0.2, 0) is 17.6 Å². The summed E-state index contributed by atoms with van der Waals surface area (Å²) in [5, 5.41) is 9.83. The molecule has 0 spiro atoms. The molecule has 0 aliphatic rings. The number of benzene rings is 2. The third-order valence-corrected chi connectivity index (χ3v) is 5.93. The van der Waals surface area contributed by atoms with Gasteiger partial charge < -0.3 is 14.6 Å². The van der Waals surface area contributed by atoms with Crippen LogP contribution in [-0.4, -0.2) is 21.7 Å². The van der Waals surface area contributed by atoms with Crippen molar-refractivity contribution >= 4 is 17.3 Å². The summed E-state index contributed by atoms with van der Waals surface area (Å²) < 4.78 is 49.7. The number of halogens is 3. The smallest absolute Gasteiger partial charge is 0.416 e. The second kappa shape index (κ2) is 8.82. The van der Waals surface area contributed by atoms with Crippen LogP contribution >= 0.6 is 11.3 Å². The number of ether oxygens (including phenoxy) is 2. The molecule has 0 unspecified atom stereocenters. The largest absolute Gasteiger partial charge is 0.488 e. The Morgan fingerprint density at radius 3 is 2.31 bits per heavy atom. The molecule has 1 aromatic heterocycles. The quantitative estimate of drug-likeness (QED) is 0.446. The van der Waals surface area contributed by atoms with Gasteiger partial charge in [0.15, 0.2) is 5.60 Å². The van der Waals surface area contributed by atoms with Crippen molar-refractivity contribution in [3.63, 3.8) is 0 Å². The standard InChI is InChI=1S/C23H22F3NO4S/c1-13-11-17(9-10-18(13)31-22(3,4)21(28)29)30-12-19-14(2)27-20(32-19)15-5-7-16(8-6-15)23(24,25)26/h5-11H,12H2,1-4H3,(H,28,29). The first-order valence-electron chi connectivity index (χ1n) is 9.66. The average molecular weight is 465 g/mol. The van der Waals surface area contributed by atoms with Gasteiger partial charge in [0, 0.05) is 5.56 Å². The lowest BCUT2D eigenvalue weighted by Gasteiger charge is -2.23. The van der Waals surface area contributed by atoms with Gasteiger partial charge in [-0.05, 0) is 63.6 Å². The molecule has 0 fully saturated rings. The molecule has 170 valence electrons. The summed E-state index contributed by atoms with van der Waals surface area (Å²) in [7, 11) is 0. The minimum Gasteiger partial charge on any atom is -0.488 e. The van der Waals surface area contributed by atoms with E-state index in [9.17, 15) is 23.1 Å². The highest BCUT2D eigenvalue weighted by Gasteiger charge is 2.31. The molecule has 0 amide bonds. The molecular formula is C23H22F3NO4S. The zero-order chi connectivity index (χ0) is 23.7. The molecule has 5 nitrogen and oxygen atoms in total. The molecule has 0 radical (unpaired) electrons. The fraction of sp³-hybridized carbons (Fsp3) is 0.304. The maximum Gasteiger partial charge on any atom is 0.416 e. The molecule has 0 aliphatic heterocycles. The number of aryl methyl sites for hydroxylation is 2. The highest BCUT2D eigenvalue weighted by molar-refractivity contribution is 7.15. The molecule has 2 aromatic carbocycles. The highest BCUT2D eigenvalue weighted by atomic mass is 32.1.